The van der Waals surface area contributed by atoms with Crippen LogP contribution in [0.15, 0.2) is 0 Å². The van der Waals surface area contributed by atoms with Gasteiger partial charge in [0.25, 0.3) is 0 Å². The molecule has 0 aliphatic carbocycles. The first-order valence-electron chi connectivity index (χ1n) is 20.9. The fraction of sp³-hybridized carbons (Fsp3) is 1.00. The van der Waals surface area contributed by atoms with Crippen LogP contribution in [0.3, 0.4) is 0 Å². The van der Waals surface area contributed by atoms with E-state index in [1.165, 1.54) is 167 Å². The summed E-state index contributed by atoms with van der Waals surface area (Å²) in [6.45, 7) is 11.3. The molecule has 0 heterocycles. The van der Waals surface area contributed by atoms with Gasteiger partial charge in [-0.15, -0.1) is 0 Å². The minimum absolute atomic E-state index is 0.307. The first-order valence-corrected chi connectivity index (χ1v) is 22.4. The number of phosphoric ester groups is 1. The second kappa shape index (κ2) is 36.4. The Kier molecular flexibility index (Phi) is 36.4. The van der Waals surface area contributed by atoms with E-state index in [0.29, 0.717) is 6.61 Å². The Hall–Kier alpha value is 0.0700. The van der Waals surface area contributed by atoms with Gasteiger partial charge in [0, 0.05) is 13.1 Å². The van der Waals surface area contributed by atoms with Crippen molar-refractivity contribution in [1.29, 1.82) is 0 Å². The van der Waals surface area contributed by atoms with E-state index in [2.05, 4.69) is 32.6 Å². The number of phosphoric acid groups is 1. The van der Waals surface area contributed by atoms with Gasteiger partial charge in [0.2, 0.25) is 0 Å². The van der Waals surface area contributed by atoms with Crippen LogP contribution in [0.25, 0.3) is 0 Å². The second-order valence-electron chi connectivity index (χ2n) is 14.2. The van der Waals surface area contributed by atoms with Crippen LogP contribution in [0.2, 0.25) is 0 Å². The Labute approximate surface area is 289 Å². The van der Waals surface area contributed by atoms with Crippen LogP contribution in [0.1, 0.15) is 233 Å². The van der Waals surface area contributed by atoms with Crippen molar-refractivity contribution >= 4 is 7.82 Å². The van der Waals surface area contributed by atoms with E-state index < -0.39 is 7.82 Å². The standard InChI is InChI=1S/C40H84NO4P/c1-5-9-13-17-21-22-23-24-25-26-28-32-36-40(45-46(42,43)44-39-35-31-27-18-14-10-6-2)41(37-33-29-19-15-11-7-3)38-34-30-20-16-12-8-4/h40H,5-39H2,1-4H3,(H,42,43). The van der Waals surface area contributed by atoms with Gasteiger partial charge in [-0.2, -0.15) is 0 Å². The van der Waals surface area contributed by atoms with Crippen LogP contribution in [-0.2, 0) is 13.6 Å². The molecule has 0 aliphatic heterocycles. The summed E-state index contributed by atoms with van der Waals surface area (Å²) < 4.78 is 24.8. The summed E-state index contributed by atoms with van der Waals surface area (Å²) in [7, 11) is -4.10. The summed E-state index contributed by atoms with van der Waals surface area (Å²) in [5.41, 5.74) is 0. The third-order valence-corrected chi connectivity index (χ3v) is 10.6. The molecule has 0 saturated carbocycles. The van der Waals surface area contributed by atoms with Gasteiger partial charge in [-0.3, -0.25) is 13.9 Å². The lowest BCUT2D eigenvalue weighted by molar-refractivity contribution is -0.0135. The van der Waals surface area contributed by atoms with Gasteiger partial charge < -0.3 is 4.89 Å². The van der Waals surface area contributed by atoms with Crippen molar-refractivity contribution in [3.05, 3.63) is 0 Å². The van der Waals surface area contributed by atoms with Crippen LogP contribution in [0.5, 0.6) is 0 Å². The van der Waals surface area contributed by atoms with Crippen molar-refractivity contribution in [2.75, 3.05) is 19.7 Å². The molecule has 0 bridgehead atoms. The molecule has 6 heteroatoms. The van der Waals surface area contributed by atoms with E-state index in [1.807, 2.05) is 0 Å². The maximum Gasteiger partial charge on any atom is 0.473 e. The predicted octanol–water partition coefficient (Wildman–Crippen LogP) is 14.3. The van der Waals surface area contributed by atoms with E-state index in [1.54, 1.807) is 0 Å². The minimum Gasteiger partial charge on any atom is -0.302 e. The molecule has 0 aliphatic rings. The number of hydrogen-bond acceptors (Lipinski definition) is 4. The van der Waals surface area contributed by atoms with Crippen molar-refractivity contribution < 1.29 is 18.5 Å². The molecule has 0 aromatic carbocycles. The zero-order valence-electron chi connectivity index (χ0n) is 31.9. The summed E-state index contributed by atoms with van der Waals surface area (Å²) in [5.74, 6) is 0. The van der Waals surface area contributed by atoms with Gasteiger partial charge in [-0.05, 0) is 32.1 Å². The molecule has 0 aromatic rings. The Bertz CT molecular complexity index is 618. The largest absolute Gasteiger partial charge is 0.473 e. The predicted molar refractivity (Wildman–Crippen MR) is 203 cm³/mol. The summed E-state index contributed by atoms with van der Waals surface area (Å²) >= 11 is 0. The molecule has 0 spiro atoms. The molecule has 46 heavy (non-hydrogen) atoms. The second-order valence-corrected chi connectivity index (χ2v) is 15.6. The highest BCUT2D eigenvalue weighted by molar-refractivity contribution is 7.47. The van der Waals surface area contributed by atoms with Crippen LogP contribution in [0.4, 0.5) is 0 Å². The van der Waals surface area contributed by atoms with Gasteiger partial charge in [-0.1, -0.05) is 201 Å². The van der Waals surface area contributed by atoms with Crippen molar-refractivity contribution in [3.8, 4) is 0 Å². The Morgan fingerprint density at radius 3 is 1.13 bits per heavy atom. The van der Waals surface area contributed by atoms with Crippen molar-refractivity contribution in [2.24, 2.45) is 0 Å². The molecule has 5 nitrogen and oxygen atoms in total. The van der Waals surface area contributed by atoms with Gasteiger partial charge in [0.15, 0.2) is 0 Å². The summed E-state index contributed by atoms with van der Waals surface area (Å²) in [6.07, 6.45) is 39.4. The van der Waals surface area contributed by atoms with Crippen LogP contribution >= 0.6 is 7.82 Å². The first kappa shape index (κ1) is 46.1. The molecule has 2 atom stereocenters. The Balaban J connectivity index is 4.96. The molecule has 0 aromatic heterocycles. The van der Waals surface area contributed by atoms with Gasteiger partial charge in [0.1, 0.15) is 6.23 Å². The van der Waals surface area contributed by atoms with E-state index in [4.69, 9.17) is 9.05 Å². The maximum absolute atomic E-state index is 13.2. The average molecular weight is 674 g/mol. The third kappa shape index (κ3) is 32.6. The molecule has 1 N–H and O–H groups in total. The highest BCUT2D eigenvalue weighted by Gasteiger charge is 2.30. The average Bonchev–Trinajstić information content (AvgIpc) is 3.04. The fourth-order valence-electron chi connectivity index (χ4n) is 6.48. The molecule has 2 unspecified atom stereocenters. The van der Waals surface area contributed by atoms with Crippen LogP contribution < -0.4 is 0 Å². The lowest BCUT2D eigenvalue weighted by Gasteiger charge is -2.32. The summed E-state index contributed by atoms with van der Waals surface area (Å²) in [5, 5.41) is 0. The third-order valence-electron chi connectivity index (χ3n) is 9.57. The van der Waals surface area contributed by atoms with Gasteiger partial charge >= 0.3 is 7.82 Å². The molecule has 0 fully saturated rings. The number of rotatable bonds is 39. The number of hydrogen-bond donors (Lipinski definition) is 1. The summed E-state index contributed by atoms with van der Waals surface area (Å²) in [6, 6.07) is 0. The molecule has 0 saturated heterocycles. The van der Waals surface area contributed by atoms with E-state index >= 15 is 0 Å². The highest BCUT2D eigenvalue weighted by Crippen LogP contribution is 2.46. The van der Waals surface area contributed by atoms with Crippen molar-refractivity contribution in [2.45, 2.75) is 239 Å². The monoisotopic (exact) mass is 674 g/mol. The lowest BCUT2D eigenvalue weighted by atomic mass is 10.0. The number of nitrogens with zero attached hydrogens (tertiary/aromatic N) is 1. The maximum atomic E-state index is 13.2. The van der Waals surface area contributed by atoms with E-state index in [-0.39, 0.29) is 6.23 Å². The smallest absolute Gasteiger partial charge is 0.302 e. The Morgan fingerprint density at radius 2 is 0.761 bits per heavy atom. The van der Waals surface area contributed by atoms with Crippen molar-refractivity contribution in [3.63, 3.8) is 0 Å². The van der Waals surface area contributed by atoms with Crippen LogP contribution in [-0.4, -0.2) is 35.7 Å². The molecule has 0 rings (SSSR count). The molecule has 0 radical (unpaired) electrons. The summed E-state index contributed by atoms with van der Waals surface area (Å²) in [4.78, 5) is 13.2. The van der Waals surface area contributed by atoms with E-state index in [9.17, 15) is 9.46 Å². The van der Waals surface area contributed by atoms with Crippen LogP contribution in [0, 0.1) is 0 Å². The van der Waals surface area contributed by atoms with Gasteiger partial charge in [-0.25, -0.2) is 4.57 Å². The van der Waals surface area contributed by atoms with E-state index in [0.717, 1.165) is 51.6 Å². The normalized spacial score (nSPS) is 13.9. The minimum atomic E-state index is -4.10. The highest BCUT2D eigenvalue weighted by atomic mass is 31.2. The quantitative estimate of drug-likeness (QED) is 0.0400. The topological polar surface area (TPSA) is 59.0 Å². The molecule has 0 amide bonds. The molecular formula is C40H84NO4P. The number of unbranched alkanes of at least 4 members (excludes halogenated alkanes) is 27. The Morgan fingerprint density at radius 1 is 0.457 bits per heavy atom. The lowest BCUT2D eigenvalue weighted by Crippen LogP contribution is -2.38. The van der Waals surface area contributed by atoms with Crippen molar-refractivity contribution in [1.82, 2.24) is 4.90 Å². The fourth-order valence-corrected chi connectivity index (χ4v) is 7.44. The molecular weight excluding hydrogens is 589 g/mol. The van der Waals surface area contributed by atoms with Gasteiger partial charge in [0.05, 0.1) is 6.61 Å². The first-order chi connectivity index (χ1) is 22.5. The zero-order valence-corrected chi connectivity index (χ0v) is 32.8. The zero-order chi connectivity index (χ0) is 33.8. The molecule has 278 valence electrons. The SMILES string of the molecule is CCCCCCCCCCCCCCC(OP(=O)(O)OCCCCCCCCC)N(CCCCCCCC)CCCCCCCC.